The fourth-order valence-electron chi connectivity index (χ4n) is 2.09. The largest absolute Gasteiger partial charge is 0.459 e. The van der Waals surface area contributed by atoms with E-state index in [4.69, 9.17) is 9.47 Å². The van der Waals surface area contributed by atoms with Crippen molar-refractivity contribution in [1.82, 2.24) is 20.6 Å². The topological polar surface area (TPSA) is 143 Å². The summed E-state index contributed by atoms with van der Waals surface area (Å²) in [5.41, 5.74) is 0.821. The van der Waals surface area contributed by atoms with E-state index >= 15 is 0 Å². The van der Waals surface area contributed by atoms with Crippen molar-refractivity contribution in [1.29, 1.82) is 5.26 Å². The van der Waals surface area contributed by atoms with Gasteiger partial charge in [-0.1, -0.05) is 0 Å². The zero-order valence-electron chi connectivity index (χ0n) is 15.9. The third kappa shape index (κ3) is 5.63. The Labute approximate surface area is 161 Å². The van der Waals surface area contributed by atoms with Gasteiger partial charge in [-0.3, -0.25) is 0 Å². The minimum atomic E-state index is -0.583. The van der Waals surface area contributed by atoms with Crippen molar-refractivity contribution in [3.8, 4) is 6.07 Å². The second-order valence-electron chi connectivity index (χ2n) is 6.26. The monoisotopic (exact) mass is 384 g/mol. The summed E-state index contributed by atoms with van der Waals surface area (Å²) in [6.07, 6.45) is 0.701. The third-order valence-corrected chi connectivity index (χ3v) is 3.18. The number of hydrogen-bond acceptors (Lipinski definition) is 9. The molecule has 0 saturated carbocycles. The van der Waals surface area contributed by atoms with E-state index in [0.717, 1.165) is 0 Å². The first-order chi connectivity index (χ1) is 13.3. The number of rotatable bonds is 7. The Morgan fingerprint density at radius 1 is 1.11 bits per heavy atom. The van der Waals surface area contributed by atoms with Crippen LogP contribution in [0.3, 0.4) is 0 Å². The van der Waals surface area contributed by atoms with E-state index in [0.29, 0.717) is 5.69 Å². The number of aromatic nitrogens is 4. The number of aromatic amines is 1. The normalized spacial score (nSPS) is 11.2. The summed E-state index contributed by atoms with van der Waals surface area (Å²) >= 11 is 0. The van der Waals surface area contributed by atoms with Gasteiger partial charge in [-0.05, 0) is 51.1 Å². The Kier molecular flexibility index (Phi) is 6.81. The number of nitrogens with zero attached hydrogens (tertiary/aromatic N) is 4. The number of esters is 2. The number of benzene rings is 1. The molecule has 0 aliphatic carbocycles. The number of nitrogens with one attached hydrogen (secondary N) is 2. The molecule has 0 aliphatic rings. The number of allylic oxidation sites excluding steroid dienone is 1. The van der Waals surface area contributed by atoms with Gasteiger partial charge in [-0.2, -0.15) is 10.5 Å². The van der Waals surface area contributed by atoms with Gasteiger partial charge < -0.3 is 14.8 Å². The first-order valence-electron chi connectivity index (χ1n) is 8.47. The number of tetrazole rings is 1. The van der Waals surface area contributed by atoms with E-state index < -0.39 is 11.9 Å². The second-order valence-corrected chi connectivity index (χ2v) is 6.26. The molecule has 10 nitrogen and oxygen atoms in total. The van der Waals surface area contributed by atoms with Crippen molar-refractivity contribution >= 4 is 23.2 Å². The van der Waals surface area contributed by atoms with Gasteiger partial charge in [0, 0.05) is 11.9 Å². The van der Waals surface area contributed by atoms with E-state index in [-0.39, 0.29) is 34.7 Å². The van der Waals surface area contributed by atoms with Crippen LogP contribution in [0.5, 0.6) is 0 Å². The predicted molar refractivity (Wildman–Crippen MR) is 98.9 cm³/mol. The number of hydrogen-bond donors (Lipinski definition) is 2. The van der Waals surface area contributed by atoms with Crippen molar-refractivity contribution in [3.63, 3.8) is 0 Å². The number of carbonyl (C=O) groups is 2. The molecule has 10 heteroatoms. The summed E-state index contributed by atoms with van der Waals surface area (Å²) in [7, 11) is 0. The van der Waals surface area contributed by atoms with Gasteiger partial charge in [0.15, 0.2) is 0 Å². The van der Waals surface area contributed by atoms with Crippen LogP contribution in [-0.2, 0) is 9.47 Å². The average Bonchev–Trinajstić information content (AvgIpc) is 3.15. The molecule has 28 heavy (non-hydrogen) atoms. The maximum Gasteiger partial charge on any atom is 0.338 e. The van der Waals surface area contributed by atoms with E-state index in [9.17, 15) is 14.9 Å². The molecule has 0 amide bonds. The molecule has 1 aromatic carbocycles. The fourth-order valence-corrected chi connectivity index (χ4v) is 2.09. The summed E-state index contributed by atoms with van der Waals surface area (Å²) in [6, 6.07) is 6.33. The SMILES string of the molecule is CC(C)OC(=O)c1cc(NC=C(C#N)c2nn[nH]n2)cc(C(=O)OC(C)C)c1. The van der Waals surface area contributed by atoms with Crippen LogP contribution >= 0.6 is 0 Å². The number of ether oxygens (including phenoxy) is 2. The molecule has 0 radical (unpaired) electrons. The van der Waals surface area contributed by atoms with Crippen molar-refractivity contribution in [3.05, 3.63) is 41.4 Å². The van der Waals surface area contributed by atoms with Crippen LogP contribution < -0.4 is 5.32 Å². The molecule has 0 bridgehead atoms. The Balaban J connectivity index is 2.37. The van der Waals surface area contributed by atoms with Crippen molar-refractivity contribution in [2.75, 3.05) is 5.32 Å². The lowest BCUT2D eigenvalue weighted by atomic mass is 10.1. The molecule has 0 unspecified atom stereocenters. The quantitative estimate of drug-likeness (QED) is 0.543. The molecule has 0 saturated heterocycles. The molecule has 2 rings (SSSR count). The zero-order chi connectivity index (χ0) is 20.7. The Morgan fingerprint density at radius 2 is 1.68 bits per heavy atom. The zero-order valence-corrected chi connectivity index (χ0v) is 15.9. The second kappa shape index (κ2) is 9.27. The van der Waals surface area contributed by atoms with Crippen LogP contribution in [0.1, 0.15) is 54.2 Å². The van der Waals surface area contributed by atoms with Gasteiger partial charge >= 0.3 is 11.9 Å². The van der Waals surface area contributed by atoms with Crippen LogP contribution in [-0.4, -0.2) is 44.8 Å². The van der Waals surface area contributed by atoms with Gasteiger partial charge in [0.25, 0.3) is 0 Å². The Morgan fingerprint density at radius 3 is 2.11 bits per heavy atom. The predicted octanol–water partition coefficient (Wildman–Crippen LogP) is 2.31. The lowest BCUT2D eigenvalue weighted by Crippen LogP contribution is -2.15. The van der Waals surface area contributed by atoms with Gasteiger partial charge in [0.1, 0.15) is 11.6 Å². The highest BCUT2D eigenvalue weighted by molar-refractivity contribution is 5.97. The molecule has 1 aromatic heterocycles. The lowest BCUT2D eigenvalue weighted by Gasteiger charge is -2.13. The highest BCUT2D eigenvalue weighted by Crippen LogP contribution is 2.19. The lowest BCUT2D eigenvalue weighted by molar-refractivity contribution is 0.0377. The Bertz CT molecular complexity index is 872. The van der Waals surface area contributed by atoms with Gasteiger partial charge in [-0.15, -0.1) is 10.2 Å². The maximum atomic E-state index is 12.3. The maximum absolute atomic E-state index is 12.3. The molecule has 2 aromatic rings. The number of nitriles is 1. The minimum Gasteiger partial charge on any atom is -0.459 e. The van der Waals surface area contributed by atoms with E-state index in [1.54, 1.807) is 27.7 Å². The molecular formula is C18H20N6O4. The molecule has 0 aliphatic heterocycles. The minimum absolute atomic E-state index is 0.102. The van der Waals surface area contributed by atoms with Crippen LogP contribution in [0, 0.1) is 11.3 Å². The molecule has 0 fully saturated rings. The van der Waals surface area contributed by atoms with Crippen LogP contribution in [0.25, 0.3) is 5.57 Å². The molecule has 1 heterocycles. The first kappa shape index (κ1) is 20.6. The van der Waals surface area contributed by atoms with Gasteiger partial charge in [-0.25, -0.2) is 9.59 Å². The smallest absolute Gasteiger partial charge is 0.338 e. The number of carbonyl (C=O) groups excluding carboxylic acids is 2. The van der Waals surface area contributed by atoms with Gasteiger partial charge in [0.2, 0.25) is 5.82 Å². The highest BCUT2D eigenvalue weighted by atomic mass is 16.5. The molecular weight excluding hydrogens is 364 g/mol. The number of H-pyrrole nitrogens is 1. The summed E-state index contributed by atoms with van der Waals surface area (Å²) < 4.78 is 10.4. The summed E-state index contributed by atoms with van der Waals surface area (Å²) in [5, 5.41) is 25.2. The molecule has 0 spiro atoms. The van der Waals surface area contributed by atoms with Crippen LogP contribution in [0.15, 0.2) is 24.4 Å². The Hall–Kier alpha value is -3.74. The standard InChI is InChI=1S/C18H20N6O4/c1-10(2)27-17(25)12-5-13(18(26)28-11(3)4)7-15(6-12)20-9-14(8-19)16-21-23-24-22-16/h5-7,9-11,20H,1-4H3,(H,21,22,23,24). The third-order valence-electron chi connectivity index (χ3n) is 3.18. The van der Waals surface area contributed by atoms with Crippen molar-refractivity contribution in [2.24, 2.45) is 0 Å². The van der Waals surface area contributed by atoms with E-state index in [2.05, 4.69) is 25.9 Å². The summed E-state index contributed by atoms with van der Waals surface area (Å²) in [5.74, 6) is -1.07. The van der Waals surface area contributed by atoms with Gasteiger partial charge in [0.05, 0.1) is 23.3 Å². The van der Waals surface area contributed by atoms with Crippen molar-refractivity contribution in [2.45, 2.75) is 39.9 Å². The molecule has 146 valence electrons. The average molecular weight is 384 g/mol. The molecule has 2 N–H and O–H groups in total. The van der Waals surface area contributed by atoms with Crippen molar-refractivity contribution < 1.29 is 19.1 Å². The molecule has 0 atom stereocenters. The summed E-state index contributed by atoms with van der Waals surface area (Å²) in [6.45, 7) is 6.89. The number of anilines is 1. The van der Waals surface area contributed by atoms with Crippen LogP contribution in [0.4, 0.5) is 5.69 Å². The fraction of sp³-hybridized carbons (Fsp3) is 0.333. The first-order valence-corrected chi connectivity index (χ1v) is 8.47. The summed E-state index contributed by atoms with van der Waals surface area (Å²) in [4.78, 5) is 24.6. The van der Waals surface area contributed by atoms with Crippen LogP contribution in [0.2, 0.25) is 0 Å². The highest BCUT2D eigenvalue weighted by Gasteiger charge is 2.17. The van der Waals surface area contributed by atoms with E-state index in [1.165, 1.54) is 24.4 Å². The van der Waals surface area contributed by atoms with E-state index in [1.807, 2.05) is 6.07 Å².